The molecule has 8 heteroatoms. The van der Waals surface area contributed by atoms with E-state index < -0.39 is 0 Å². The number of ether oxygens (including phenoxy) is 1. The van der Waals surface area contributed by atoms with E-state index in [9.17, 15) is 10.1 Å². The fourth-order valence-electron chi connectivity index (χ4n) is 2.58. The molecule has 0 heterocycles. The van der Waals surface area contributed by atoms with Crippen molar-refractivity contribution >= 4 is 35.6 Å². The number of aliphatic imine (C=N–C) groups is 1. The van der Waals surface area contributed by atoms with Gasteiger partial charge in [-0.25, -0.2) is 0 Å². The van der Waals surface area contributed by atoms with Crippen molar-refractivity contribution in [1.82, 2.24) is 10.6 Å². The molecule has 0 aliphatic rings. The Hall–Kier alpha value is -2.36. The lowest BCUT2D eigenvalue weighted by Gasteiger charge is -2.13. The number of rotatable bonds is 7. The molecule has 0 saturated heterocycles. The first kappa shape index (κ1) is 22.7. The number of nitro benzene ring substituents is 1. The quantitative estimate of drug-likeness (QED) is 0.207. The van der Waals surface area contributed by atoms with E-state index in [4.69, 9.17) is 4.74 Å². The van der Waals surface area contributed by atoms with Gasteiger partial charge in [0.15, 0.2) is 5.96 Å². The van der Waals surface area contributed by atoms with Crippen LogP contribution in [0.5, 0.6) is 5.75 Å². The molecule has 0 amide bonds. The second-order valence-electron chi connectivity index (χ2n) is 5.79. The summed E-state index contributed by atoms with van der Waals surface area (Å²) < 4.78 is 5.34. The van der Waals surface area contributed by atoms with Gasteiger partial charge in [0, 0.05) is 31.8 Å². The number of hydrogen-bond donors (Lipinski definition) is 2. The molecule has 0 fully saturated rings. The van der Waals surface area contributed by atoms with Gasteiger partial charge in [0.05, 0.1) is 12.0 Å². The van der Waals surface area contributed by atoms with Gasteiger partial charge < -0.3 is 15.4 Å². The third-order valence-corrected chi connectivity index (χ3v) is 4.04. The topological polar surface area (TPSA) is 88.8 Å². The summed E-state index contributed by atoms with van der Waals surface area (Å²) in [6, 6.07) is 12.8. The van der Waals surface area contributed by atoms with Crippen molar-refractivity contribution in [1.29, 1.82) is 0 Å². The van der Waals surface area contributed by atoms with Gasteiger partial charge in [-0.1, -0.05) is 30.3 Å². The van der Waals surface area contributed by atoms with Crippen LogP contribution < -0.4 is 15.4 Å². The fourth-order valence-corrected chi connectivity index (χ4v) is 2.58. The minimum atomic E-state index is -0.377. The average molecular weight is 484 g/mol. The van der Waals surface area contributed by atoms with Crippen molar-refractivity contribution in [2.24, 2.45) is 4.99 Å². The first-order chi connectivity index (χ1) is 12.5. The molecule has 2 aromatic carbocycles. The Balaban J connectivity index is 0.00000364. The van der Waals surface area contributed by atoms with Crippen LogP contribution in [0.1, 0.15) is 16.7 Å². The maximum Gasteiger partial charge on any atom is 0.274 e. The smallest absolute Gasteiger partial charge is 0.274 e. The average Bonchev–Trinajstić information content (AvgIpc) is 2.65. The molecule has 0 saturated carbocycles. The maximum absolute atomic E-state index is 11.1. The number of methoxy groups -OCH3 is 1. The largest absolute Gasteiger partial charge is 0.496 e. The predicted molar refractivity (Wildman–Crippen MR) is 118 cm³/mol. The van der Waals surface area contributed by atoms with Crippen LogP contribution in [-0.2, 0) is 13.0 Å². The summed E-state index contributed by atoms with van der Waals surface area (Å²) in [5.74, 6) is 1.48. The molecule has 27 heavy (non-hydrogen) atoms. The van der Waals surface area contributed by atoms with Gasteiger partial charge >= 0.3 is 0 Å². The number of hydrogen-bond acceptors (Lipinski definition) is 4. The standard InChI is InChI=1S/C19H24N4O3.HI/c1-14-8-9-15(12-18(14)26-3)10-11-21-19(20-2)22-13-16-6-4-5-7-17(16)23(24)25;/h4-9,12H,10-11,13H2,1-3H3,(H2,20,21,22);1H. The van der Waals surface area contributed by atoms with E-state index in [1.54, 1.807) is 32.4 Å². The Morgan fingerprint density at radius 3 is 2.63 bits per heavy atom. The van der Waals surface area contributed by atoms with E-state index >= 15 is 0 Å². The molecule has 0 spiro atoms. The monoisotopic (exact) mass is 484 g/mol. The Kier molecular flexibility index (Phi) is 9.55. The molecule has 0 aliphatic heterocycles. The van der Waals surface area contributed by atoms with E-state index in [1.807, 2.05) is 19.1 Å². The second kappa shape index (κ2) is 11.4. The molecule has 0 bridgehead atoms. The highest BCUT2D eigenvalue weighted by molar-refractivity contribution is 14.0. The summed E-state index contributed by atoms with van der Waals surface area (Å²) in [5.41, 5.74) is 2.98. The van der Waals surface area contributed by atoms with Crippen LogP contribution in [0.2, 0.25) is 0 Å². The van der Waals surface area contributed by atoms with Gasteiger partial charge in [0.25, 0.3) is 5.69 Å². The lowest BCUT2D eigenvalue weighted by atomic mass is 10.1. The first-order valence-corrected chi connectivity index (χ1v) is 8.35. The minimum absolute atomic E-state index is 0. The van der Waals surface area contributed by atoms with Crippen LogP contribution in [0.25, 0.3) is 0 Å². The molecule has 0 aromatic heterocycles. The molecule has 2 rings (SSSR count). The van der Waals surface area contributed by atoms with Crippen molar-refractivity contribution in [3.05, 3.63) is 69.3 Å². The van der Waals surface area contributed by atoms with E-state index in [1.165, 1.54) is 6.07 Å². The number of nitro groups is 1. The lowest BCUT2D eigenvalue weighted by molar-refractivity contribution is -0.385. The van der Waals surface area contributed by atoms with Crippen molar-refractivity contribution in [2.45, 2.75) is 19.9 Å². The van der Waals surface area contributed by atoms with Crippen molar-refractivity contribution in [3.63, 3.8) is 0 Å². The normalized spacial score (nSPS) is 10.7. The SMILES string of the molecule is CN=C(NCCc1ccc(C)c(OC)c1)NCc1ccccc1[N+](=O)[O-].I. The highest BCUT2D eigenvalue weighted by Crippen LogP contribution is 2.19. The van der Waals surface area contributed by atoms with Crippen LogP contribution in [0.3, 0.4) is 0 Å². The molecule has 146 valence electrons. The summed E-state index contributed by atoms with van der Waals surface area (Å²) in [5, 5.41) is 17.4. The summed E-state index contributed by atoms with van der Waals surface area (Å²) >= 11 is 0. The van der Waals surface area contributed by atoms with Crippen LogP contribution in [0, 0.1) is 17.0 Å². The van der Waals surface area contributed by atoms with Crippen LogP contribution in [0.4, 0.5) is 5.69 Å². The van der Waals surface area contributed by atoms with Gasteiger partial charge in [-0.3, -0.25) is 15.1 Å². The zero-order chi connectivity index (χ0) is 18.9. The van der Waals surface area contributed by atoms with Crippen LogP contribution >= 0.6 is 24.0 Å². The highest BCUT2D eigenvalue weighted by atomic mass is 127. The Labute approximate surface area is 176 Å². The summed E-state index contributed by atoms with van der Waals surface area (Å²) in [6.45, 7) is 3.02. The summed E-state index contributed by atoms with van der Waals surface area (Å²) in [6.07, 6.45) is 0.808. The van der Waals surface area contributed by atoms with E-state index in [0.29, 0.717) is 24.6 Å². The third-order valence-electron chi connectivity index (χ3n) is 4.04. The number of para-hydroxylation sites is 1. The van der Waals surface area contributed by atoms with E-state index in [0.717, 1.165) is 23.3 Å². The molecule has 2 N–H and O–H groups in total. The zero-order valence-corrected chi connectivity index (χ0v) is 18.0. The Morgan fingerprint density at radius 1 is 1.22 bits per heavy atom. The van der Waals surface area contributed by atoms with Crippen molar-refractivity contribution in [3.8, 4) is 5.75 Å². The van der Waals surface area contributed by atoms with Gasteiger partial charge in [0.1, 0.15) is 5.75 Å². The summed E-state index contributed by atoms with van der Waals surface area (Å²) in [7, 11) is 3.34. The number of benzene rings is 2. The first-order valence-electron chi connectivity index (χ1n) is 8.35. The fraction of sp³-hybridized carbons (Fsp3) is 0.316. The lowest BCUT2D eigenvalue weighted by Crippen LogP contribution is -2.38. The predicted octanol–water partition coefficient (Wildman–Crippen LogP) is 3.44. The van der Waals surface area contributed by atoms with Crippen LogP contribution in [0.15, 0.2) is 47.5 Å². The molecule has 2 aromatic rings. The molecular formula is C19H25IN4O3. The number of halogens is 1. The van der Waals surface area contributed by atoms with E-state index in [-0.39, 0.29) is 34.6 Å². The van der Waals surface area contributed by atoms with Gasteiger partial charge in [0.2, 0.25) is 0 Å². The molecule has 7 nitrogen and oxygen atoms in total. The molecule has 0 atom stereocenters. The Morgan fingerprint density at radius 2 is 1.96 bits per heavy atom. The third kappa shape index (κ3) is 6.70. The number of guanidine groups is 1. The highest BCUT2D eigenvalue weighted by Gasteiger charge is 2.12. The number of aryl methyl sites for hydroxylation is 1. The van der Waals surface area contributed by atoms with Crippen molar-refractivity contribution < 1.29 is 9.66 Å². The van der Waals surface area contributed by atoms with Crippen molar-refractivity contribution in [2.75, 3.05) is 20.7 Å². The molecular weight excluding hydrogens is 459 g/mol. The number of nitrogens with one attached hydrogen (secondary N) is 2. The maximum atomic E-state index is 11.1. The van der Waals surface area contributed by atoms with Gasteiger partial charge in [-0.15, -0.1) is 24.0 Å². The zero-order valence-electron chi connectivity index (χ0n) is 15.7. The second-order valence-corrected chi connectivity index (χ2v) is 5.79. The Bertz CT molecular complexity index is 796. The number of nitrogens with zero attached hydrogens (tertiary/aromatic N) is 2. The minimum Gasteiger partial charge on any atom is -0.496 e. The van der Waals surface area contributed by atoms with Gasteiger partial charge in [-0.2, -0.15) is 0 Å². The summed E-state index contributed by atoms with van der Waals surface area (Å²) in [4.78, 5) is 14.8. The molecule has 0 radical (unpaired) electrons. The van der Waals surface area contributed by atoms with Gasteiger partial charge in [-0.05, 0) is 30.5 Å². The van der Waals surface area contributed by atoms with Crippen LogP contribution in [-0.4, -0.2) is 31.6 Å². The molecule has 0 aliphatic carbocycles. The molecule has 0 unspecified atom stereocenters. The van der Waals surface area contributed by atoms with E-state index in [2.05, 4.69) is 21.7 Å².